The molecule has 1 amide bonds. The largest absolute Gasteiger partial charge is 0.378 e. The molecule has 2 rings (SSSR count). The van der Waals surface area contributed by atoms with Crippen LogP contribution in [0.15, 0.2) is 18.2 Å². The van der Waals surface area contributed by atoms with E-state index in [-0.39, 0.29) is 0 Å². The standard InChI is InChI=1S/C12H16N2O2/c1-10-8-11(2-3-12(10)13-9-15)14-4-6-16-7-5-14/h2-3,8-9H,4-7H2,1H3,(H,13,15). The van der Waals surface area contributed by atoms with Gasteiger partial charge in [0.15, 0.2) is 0 Å². The highest BCUT2D eigenvalue weighted by Crippen LogP contribution is 2.22. The molecule has 0 saturated carbocycles. The second kappa shape index (κ2) is 4.99. The van der Waals surface area contributed by atoms with E-state index in [1.165, 1.54) is 5.69 Å². The van der Waals surface area contributed by atoms with E-state index >= 15 is 0 Å². The van der Waals surface area contributed by atoms with Gasteiger partial charge in [-0.05, 0) is 30.7 Å². The maximum Gasteiger partial charge on any atom is 0.211 e. The molecule has 0 aliphatic carbocycles. The fourth-order valence-corrected chi connectivity index (χ4v) is 1.89. The predicted octanol–water partition coefficient (Wildman–Crippen LogP) is 1.40. The summed E-state index contributed by atoms with van der Waals surface area (Å²) in [6.07, 6.45) is 0.705. The van der Waals surface area contributed by atoms with Crippen LogP contribution in [0.4, 0.5) is 11.4 Å². The molecule has 4 heteroatoms. The minimum Gasteiger partial charge on any atom is -0.378 e. The number of aryl methyl sites for hydroxylation is 1. The van der Waals surface area contributed by atoms with Gasteiger partial charge in [-0.1, -0.05) is 0 Å². The summed E-state index contributed by atoms with van der Waals surface area (Å²) in [6, 6.07) is 6.07. The lowest BCUT2D eigenvalue weighted by Gasteiger charge is -2.29. The number of rotatable bonds is 3. The molecule has 1 aliphatic rings. The van der Waals surface area contributed by atoms with Crippen LogP contribution in [0, 0.1) is 6.92 Å². The van der Waals surface area contributed by atoms with Crippen LogP contribution < -0.4 is 10.2 Å². The van der Waals surface area contributed by atoms with Crippen LogP contribution in [0.25, 0.3) is 0 Å². The number of morpholine rings is 1. The molecule has 0 radical (unpaired) electrons. The zero-order valence-corrected chi connectivity index (χ0v) is 9.40. The number of ether oxygens (including phenoxy) is 1. The van der Waals surface area contributed by atoms with Gasteiger partial charge >= 0.3 is 0 Å². The van der Waals surface area contributed by atoms with Crippen LogP contribution in [0.2, 0.25) is 0 Å². The van der Waals surface area contributed by atoms with Gasteiger partial charge in [0.25, 0.3) is 0 Å². The third-order valence-electron chi connectivity index (χ3n) is 2.80. The number of amides is 1. The van der Waals surface area contributed by atoms with E-state index in [0.29, 0.717) is 6.41 Å². The predicted molar refractivity (Wildman–Crippen MR) is 63.9 cm³/mol. The summed E-state index contributed by atoms with van der Waals surface area (Å²) in [4.78, 5) is 12.7. The fourth-order valence-electron chi connectivity index (χ4n) is 1.89. The van der Waals surface area contributed by atoms with E-state index in [2.05, 4.69) is 16.3 Å². The van der Waals surface area contributed by atoms with Gasteiger partial charge in [0.05, 0.1) is 13.2 Å². The number of anilines is 2. The molecule has 0 bridgehead atoms. The second-order valence-electron chi connectivity index (χ2n) is 3.86. The summed E-state index contributed by atoms with van der Waals surface area (Å²) in [6.45, 7) is 5.43. The number of nitrogens with one attached hydrogen (secondary N) is 1. The minimum absolute atomic E-state index is 0.705. The first kappa shape index (κ1) is 11.0. The van der Waals surface area contributed by atoms with E-state index in [1.807, 2.05) is 19.1 Å². The average Bonchev–Trinajstić information content (AvgIpc) is 2.33. The lowest BCUT2D eigenvalue weighted by molar-refractivity contribution is -0.105. The second-order valence-corrected chi connectivity index (χ2v) is 3.86. The molecule has 16 heavy (non-hydrogen) atoms. The Morgan fingerprint density at radius 2 is 2.12 bits per heavy atom. The number of hydrogen-bond acceptors (Lipinski definition) is 3. The molecular formula is C12H16N2O2. The van der Waals surface area contributed by atoms with Crippen LogP contribution in [0.1, 0.15) is 5.56 Å². The molecule has 0 unspecified atom stereocenters. The lowest BCUT2D eigenvalue weighted by atomic mass is 10.1. The van der Waals surface area contributed by atoms with Gasteiger partial charge in [-0.3, -0.25) is 4.79 Å². The zero-order chi connectivity index (χ0) is 11.4. The van der Waals surface area contributed by atoms with Crippen LogP contribution in [0.3, 0.4) is 0 Å². The van der Waals surface area contributed by atoms with E-state index in [4.69, 9.17) is 4.74 Å². The summed E-state index contributed by atoms with van der Waals surface area (Å²) in [5, 5.41) is 2.68. The Labute approximate surface area is 95.2 Å². The summed E-state index contributed by atoms with van der Waals surface area (Å²) in [5.74, 6) is 0. The fraction of sp³-hybridized carbons (Fsp3) is 0.417. The summed E-state index contributed by atoms with van der Waals surface area (Å²) >= 11 is 0. The third kappa shape index (κ3) is 2.33. The number of benzene rings is 1. The first-order valence-corrected chi connectivity index (χ1v) is 5.45. The van der Waals surface area contributed by atoms with Crippen molar-refractivity contribution < 1.29 is 9.53 Å². The molecule has 4 nitrogen and oxygen atoms in total. The van der Waals surface area contributed by atoms with Crippen molar-refractivity contribution in [1.82, 2.24) is 0 Å². The normalized spacial score (nSPS) is 15.9. The quantitative estimate of drug-likeness (QED) is 0.783. The molecule has 86 valence electrons. The first-order chi connectivity index (χ1) is 7.81. The molecule has 0 spiro atoms. The molecule has 1 fully saturated rings. The Morgan fingerprint density at radius 1 is 1.38 bits per heavy atom. The van der Waals surface area contributed by atoms with Crippen LogP contribution in [-0.4, -0.2) is 32.7 Å². The highest BCUT2D eigenvalue weighted by Gasteiger charge is 2.11. The Morgan fingerprint density at radius 3 is 2.75 bits per heavy atom. The van der Waals surface area contributed by atoms with Crippen LogP contribution in [0.5, 0.6) is 0 Å². The maximum atomic E-state index is 10.4. The molecule has 1 aromatic rings. The van der Waals surface area contributed by atoms with Gasteiger partial charge in [-0.15, -0.1) is 0 Å². The molecule has 1 N–H and O–H groups in total. The summed E-state index contributed by atoms with van der Waals surface area (Å²) in [5.41, 5.74) is 3.14. The van der Waals surface area contributed by atoms with Gasteiger partial charge in [0.2, 0.25) is 6.41 Å². The SMILES string of the molecule is Cc1cc(N2CCOCC2)ccc1NC=O. The molecule has 0 atom stereocenters. The molecule has 1 aliphatic heterocycles. The van der Waals surface area contributed by atoms with Crippen molar-refractivity contribution in [1.29, 1.82) is 0 Å². The van der Waals surface area contributed by atoms with Gasteiger partial charge < -0.3 is 15.0 Å². The third-order valence-corrected chi connectivity index (χ3v) is 2.80. The van der Waals surface area contributed by atoms with Crippen LogP contribution in [-0.2, 0) is 9.53 Å². The van der Waals surface area contributed by atoms with Gasteiger partial charge in [-0.2, -0.15) is 0 Å². The maximum absolute atomic E-state index is 10.4. The summed E-state index contributed by atoms with van der Waals surface area (Å²) < 4.78 is 5.31. The zero-order valence-electron chi connectivity index (χ0n) is 9.40. The van der Waals surface area contributed by atoms with Crippen molar-refractivity contribution in [3.63, 3.8) is 0 Å². The average molecular weight is 220 g/mol. The highest BCUT2D eigenvalue weighted by atomic mass is 16.5. The molecule has 1 saturated heterocycles. The number of nitrogens with zero attached hydrogens (tertiary/aromatic N) is 1. The van der Waals surface area contributed by atoms with Crippen molar-refractivity contribution in [2.45, 2.75) is 6.92 Å². The molecule has 1 heterocycles. The number of carbonyl (C=O) groups excluding carboxylic acids is 1. The van der Waals surface area contributed by atoms with Crippen molar-refractivity contribution in [3.8, 4) is 0 Å². The Kier molecular flexibility index (Phi) is 3.41. The van der Waals surface area contributed by atoms with Gasteiger partial charge in [0, 0.05) is 24.5 Å². The minimum atomic E-state index is 0.705. The smallest absolute Gasteiger partial charge is 0.211 e. The molecule has 1 aromatic carbocycles. The van der Waals surface area contributed by atoms with Gasteiger partial charge in [-0.25, -0.2) is 0 Å². The van der Waals surface area contributed by atoms with Crippen molar-refractivity contribution >= 4 is 17.8 Å². The Balaban J connectivity index is 2.16. The van der Waals surface area contributed by atoms with Crippen LogP contribution >= 0.6 is 0 Å². The Bertz CT molecular complexity index is 373. The molecular weight excluding hydrogens is 204 g/mol. The topological polar surface area (TPSA) is 41.6 Å². The number of hydrogen-bond donors (Lipinski definition) is 1. The molecule has 0 aromatic heterocycles. The van der Waals surface area contributed by atoms with Crippen molar-refractivity contribution in [2.75, 3.05) is 36.5 Å². The highest BCUT2D eigenvalue weighted by molar-refractivity contribution is 5.74. The summed E-state index contributed by atoms with van der Waals surface area (Å²) in [7, 11) is 0. The van der Waals surface area contributed by atoms with E-state index < -0.39 is 0 Å². The van der Waals surface area contributed by atoms with Crippen molar-refractivity contribution in [3.05, 3.63) is 23.8 Å². The lowest BCUT2D eigenvalue weighted by Crippen LogP contribution is -2.36. The van der Waals surface area contributed by atoms with E-state index in [1.54, 1.807) is 0 Å². The van der Waals surface area contributed by atoms with E-state index in [0.717, 1.165) is 37.6 Å². The van der Waals surface area contributed by atoms with Gasteiger partial charge in [0.1, 0.15) is 0 Å². The number of carbonyl (C=O) groups is 1. The van der Waals surface area contributed by atoms with Crippen molar-refractivity contribution in [2.24, 2.45) is 0 Å². The monoisotopic (exact) mass is 220 g/mol. The van der Waals surface area contributed by atoms with E-state index in [9.17, 15) is 4.79 Å². The Hall–Kier alpha value is -1.55. The first-order valence-electron chi connectivity index (χ1n) is 5.45.